The van der Waals surface area contributed by atoms with Gasteiger partial charge in [0, 0.05) is 12.6 Å². The Morgan fingerprint density at radius 2 is 1.89 bits per heavy atom. The van der Waals surface area contributed by atoms with Crippen LogP contribution in [0.1, 0.15) is 47.5 Å². The Morgan fingerprint density at radius 3 is 2.28 bits per heavy atom. The molecule has 3 nitrogen and oxygen atoms in total. The molecular formula is C14H33N2OP. The molecule has 0 aliphatic heterocycles. The largest absolute Gasteiger partial charge is 0.306 e. The van der Waals surface area contributed by atoms with Crippen molar-refractivity contribution in [3.8, 4) is 0 Å². The van der Waals surface area contributed by atoms with Gasteiger partial charge in [-0.15, -0.1) is 9.24 Å². The van der Waals surface area contributed by atoms with Gasteiger partial charge in [0.25, 0.3) is 0 Å². The van der Waals surface area contributed by atoms with E-state index in [1.54, 1.807) is 6.92 Å². The molecule has 0 rings (SSSR count). The van der Waals surface area contributed by atoms with Gasteiger partial charge in [0.1, 0.15) is 5.78 Å². The first-order valence-electron chi connectivity index (χ1n) is 7.16. The number of nitrogens with zero attached hydrogens (tertiary/aromatic N) is 1. The summed E-state index contributed by atoms with van der Waals surface area (Å²) in [5.41, 5.74) is 0. The van der Waals surface area contributed by atoms with Crippen molar-refractivity contribution in [2.24, 2.45) is 0 Å². The van der Waals surface area contributed by atoms with E-state index in [2.05, 4.69) is 33.4 Å². The summed E-state index contributed by atoms with van der Waals surface area (Å²) in [6, 6.07) is 0.433. The predicted molar refractivity (Wildman–Crippen MR) is 85.4 cm³/mol. The van der Waals surface area contributed by atoms with E-state index in [1.165, 1.54) is 0 Å². The summed E-state index contributed by atoms with van der Waals surface area (Å²) in [6.45, 7) is 12.1. The molecule has 0 radical (unpaired) electrons. The van der Waals surface area contributed by atoms with Gasteiger partial charge in [0.2, 0.25) is 0 Å². The number of ketones is 1. The molecule has 0 heterocycles. The molecule has 0 fully saturated rings. The van der Waals surface area contributed by atoms with Crippen molar-refractivity contribution >= 4 is 15.0 Å². The lowest BCUT2D eigenvalue weighted by molar-refractivity contribution is -0.119. The summed E-state index contributed by atoms with van der Waals surface area (Å²) in [6.07, 6.45) is 3.08. The molecule has 4 heteroatoms. The van der Waals surface area contributed by atoms with E-state index >= 15 is 0 Å². The van der Waals surface area contributed by atoms with Crippen LogP contribution in [0.5, 0.6) is 0 Å². The van der Waals surface area contributed by atoms with Crippen molar-refractivity contribution < 1.29 is 4.79 Å². The first kappa shape index (κ1) is 20.3. The van der Waals surface area contributed by atoms with Gasteiger partial charge in [-0.3, -0.25) is 4.79 Å². The number of carbonyl (C=O) groups is 1. The van der Waals surface area contributed by atoms with E-state index in [-0.39, 0.29) is 11.8 Å². The molecular weight excluding hydrogens is 243 g/mol. The highest BCUT2D eigenvalue weighted by Crippen LogP contribution is 2.00. The molecule has 3 atom stereocenters. The highest BCUT2D eigenvalue weighted by Gasteiger charge is 2.14. The van der Waals surface area contributed by atoms with Crippen LogP contribution in [0.3, 0.4) is 0 Å². The number of carbonyl (C=O) groups excluding carboxylic acids is 1. The lowest BCUT2D eigenvalue weighted by Gasteiger charge is -2.22. The molecule has 0 saturated heterocycles. The van der Waals surface area contributed by atoms with Gasteiger partial charge in [-0.1, -0.05) is 20.8 Å². The van der Waals surface area contributed by atoms with Crippen LogP contribution < -0.4 is 5.32 Å². The summed E-state index contributed by atoms with van der Waals surface area (Å²) < 4.78 is 0. The zero-order valence-electron chi connectivity index (χ0n) is 13.1. The van der Waals surface area contributed by atoms with Crippen LogP contribution in [0, 0.1) is 0 Å². The highest BCUT2D eigenvalue weighted by atomic mass is 31.0. The van der Waals surface area contributed by atoms with E-state index in [4.69, 9.17) is 0 Å². The maximum absolute atomic E-state index is 11.3. The number of hydrogen-bond acceptors (Lipinski definition) is 3. The Hall–Kier alpha value is 0.0200. The van der Waals surface area contributed by atoms with E-state index in [9.17, 15) is 4.79 Å². The number of Topliss-reactive ketones (excluding diaryl/α,β-unsaturated/α-hetero) is 1. The fourth-order valence-corrected chi connectivity index (χ4v) is 2.14. The van der Waals surface area contributed by atoms with Crippen LogP contribution >= 0.6 is 9.24 Å². The molecule has 0 aromatic rings. The molecule has 0 spiro atoms. The molecule has 0 amide bonds. The van der Waals surface area contributed by atoms with E-state index in [0.717, 1.165) is 32.1 Å². The molecule has 1 N–H and O–H groups in total. The fraction of sp³-hybridized carbons (Fsp3) is 0.929. The van der Waals surface area contributed by atoms with Crippen molar-refractivity contribution in [1.29, 1.82) is 0 Å². The van der Waals surface area contributed by atoms with Gasteiger partial charge in [-0.25, -0.2) is 0 Å². The molecule has 110 valence electrons. The van der Waals surface area contributed by atoms with Gasteiger partial charge in [-0.2, -0.15) is 0 Å². The second kappa shape index (κ2) is 13.5. The normalized spacial score (nSPS) is 13.8. The van der Waals surface area contributed by atoms with Crippen molar-refractivity contribution in [2.45, 2.75) is 59.5 Å². The average Bonchev–Trinajstić information content (AvgIpc) is 2.36. The van der Waals surface area contributed by atoms with Crippen LogP contribution in [0.4, 0.5) is 0 Å². The molecule has 0 aromatic carbocycles. The smallest absolute Gasteiger partial charge is 0.146 e. The van der Waals surface area contributed by atoms with E-state index in [1.807, 2.05) is 20.8 Å². The highest BCUT2D eigenvalue weighted by molar-refractivity contribution is 7.16. The summed E-state index contributed by atoms with van der Waals surface area (Å²) in [4.78, 5) is 13.6. The first-order chi connectivity index (χ1) is 8.51. The minimum Gasteiger partial charge on any atom is -0.306 e. The average molecular weight is 276 g/mol. The van der Waals surface area contributed by atoms with Gasteiger partial charge in [-0.05, 0) is 46.4 Å². The third-order valence-electron chi connectivity index (χ3n) is 2.84. The van der Waals surface area contributed by atoms with Crippen molar-refractivity contribution in [3.05, 3.63) is 0 Å². The second-order valence-electron chi connectivity index (χ2n) is 4.52. The molecule has 0 aliphatic rings. The zero-order chi connectivity index (χ0) is 14.6. The van der Waals surface area contributed by atoms with Gasteiger partial charge >= 0.3 is 0 Å². The van der Waals surface area contributed by atoms with E-state index in [0.29, 0.717) is 6.04 Å². The number of rotatable bonds is 9. The zero-order valence-corrected chi connectivity index (χ0v) is 14.3. The Kier molecular flexibility index (Phi) is 15.2. The quantitative estimate of drug-likeness (QED) is 0.657. The lowest BCUT2D eigenvalue weighted by atomic mass is 10.1. The lowest BCUT2D eigenvalue weighted by Crippen LogP contribution is -2.42. The van der Waals surface area contributed by atoms with Crippen LogP contribution in [0.15, 0.2) is 0 Å². The second-order valence-corrected chi connectivity index (χ2v) is 5.10. The van der Waals surface area contributed by atoms with Crippen molar-refractivity contribution in [2.75, 3.05) is 26.3 Å². The van der Waals surface area contributed by atoms with Gasteiger partial charge < -0.3 is 10.2 Å². The molecule has 3 unspecified atom stereocenters. The van der Waals surface area contributed by atoms with Crippen molar-refractivity contribution in [3.63, 3.8) is 0 Å². The third kappa shape index (κ3) is 11.1. The fourth-order valence-electron chi connectivity index (χ4n) is 1.70. The van der Waals surface area contributed by atoms with Gasteiger partial charge in [0.05, 0.1) is 6.04 Å². The molecule has 0 aromatic heterocycles. The first-order valence-corrected chi connectivity index (χ1v) is 7.98. The number of hydrogen-bond donors (Lipinski definition) is 1. The third-order valence-corrected chi connectivity index (χ3v) is 3.10. The Morgan fingerprint density at radius 1 is 1.33 bits per heavy atom. The number of nitrogens with one attached hydrogen (secondary N) is 1. The molecule has 0 saturated carbocycles. The Balaban J connectivity index is 0. The summed E-state index contributed by atoms with van der Waals surface area (Å²) in [5, 5.41) is 3.38. The topological polar surface area (TPSA) is 32.3 Å². The maximum atomic E-state index is 11.3. The molecule has 0 aliphatic carbocycles. The SMILES string of the molecule is CC.CCC(NC(C)CCN(C)CCP)C(C)=O. The van der Waals surface area contributed by atoms with E-state index < -0.39 is 0 Å². The molecule has 0 bridgehead atoms. The molecule has 18 heavy (non-hydrogen) atoms. The minimum atomic E-state index is 0.0297. The summed E-state index contributed by atoms with van der Waals surface area (Å²) in [5.74, 6) is 0.243. The summed E-state index contributed by atoms with van der Waals surface area (Å²) >= 11 is 0. The van der Waals surface area contributed by atoms with Crippen LogP contribution in [-0.2, 0) is 4.79 Å². The predicted octanol–water partition coefficient (Wildman–Crippen LogP) is 2.56. The van der Waals surface area contributed by atoms with Crippen LogP contribution in [0.25, 0.3) is 0 Å². The Labute approximate surface area is 116 Å². The standard InChI is InChI=1S/C12H27N2OP.C2H6/c1-5-12(11(3)15)13-10(2)6-7-14(4)8-9-16;1-2/h10,12-13H,5-9,16H2,1-4H3;1-2H3. The Bertz CT molecular complexity index is 200. The summed E-state index contributed by atoms with van der Waals surface area (Å²) in [7, 11) is 4.88. The minimum absolute atomic E-state index is 0.0297. The van der Waals surface area contributed by atoms with Crippen LogP contribution in [-0.4, -0.2) is 49.1 Å². The van der Waals surface area contributed by atoms with Gasteiger partial charge in [0.15, 0.2) is 0 Å². The monoisotopic (exact) mass is 276 g/mol. The maximum Gasteiger partial charge on any atom is 0.146 e. The van der Waals surface area contributed by atoms with Crippen molar-refractivity contribution in [1.82, 2.24) is 10.2 Å². The van der Waals surface area contributed by atoms with Crippen LogP contribution in [0.2, 0.25) is 0 Å².